The molecule has 0 saturated heterocycles. The predicted octanol–water partition coefficient (Wildman–Crippen LogP) is -2.14. The van der Waals surface area contributed by atoms with Crippen molar-refractivity contribution in [2.75, 3.05) is 15.1 Å². The van der Waals surface area contributed by atoms with Crippen LogP contribution in [-0.4, -0.2) is 23.5 Å². The number of hydrogen-bond acceptors (Lipinski definition) is 2. The molecular weight excluding hydrogens is 366 g/mol. The van der Waals surface area contributed by atoms with Crippen molar-refractivity contribution in [2.45, 2.75) is 6.42 Å². The van der Waals surface area contributed by atoms with Crippen molar-refractivity contribution in [2.24, 2.45) is 0 Å². The Morgan fingerprint density at radius 3 is 2.44 bits per heavy atom. The number of rotatable bonds is 4. The Morgan fingerprint density at radius 2 is 2.11 bits per heavy atom. The summed E-state index contributed by atoms with van der Waals surface area (Å²) in [4.78, 5) is 1.79. The number of alkyl halides is 2. The van der Waals surface area contributed by atoms with Crippen LogP contribution in [0, 0.1) is 0 Å². The van der Waals surface area contributed by atoms with Crippen LogP contribution >= 0.6 is 22.6 Å². The van der Waals surface area contributed by atoms with Crippen LogP contribution in [0.1, 0.15) is 6.42 Å². The first-order valence-corrected chi connectivity index (χ1v) is 10.3. The molecule has 0 N–H and O–H groups in total. The van der Waals surface area contributed by atoms with Crippen LogP contribution in [-0.2, 0) is 7.01 Å². The van der Waals surface area contributed by atoms with Crippen LogP contribution in [0.4, 0.5) is 0 Å². The SMILES string of the molecule is C[I-]S(=O)(=O)CCCI. The van der Waals surface area contributed by atoms with Crippen molar-refractivity contribution in [3.63, 3.8) is 0 Å². The van der Waals surface area contributed by atoms with Gasteiger partial charge in [0, 0.05) is 0 Å². The van der Waals surface area contributed by atoms with Gasteiger partial charge in [-0.15, -0.1) is 0 Å². The molecule has 0 atom stereocenters. The second kappa shape index (κ2) is 5.11. The molecule has 58 valence electrons. The van der Waals surface area contributed by atoms with E-state index in [1.165, 1.54) is 0 Å². The van der Waals surface area contributed by atoms with Gasteiger partial charge in [0.15, 0.2) is 0 Å². The fraction of sp³-hybridized carbons (Fsp3) is 1.00. The Labute approximate surface area is 78.6 Å². The van der Waals surface area contributed by atoms with Gasteiger partial charge in [0.05, 0.1) is 0 Å². The maximum atomic E-state index is 10.8. The molecule has 0 radical (unpaired) electrons. The second-order valence-corrected chi connectivity index (χ2v) is 11.0. The summed E-state index contributed by atoms with van der Waals surface area (Å²) in [7, 11) is -2.58. The number of halogens is 2. The molecule has 0 aromatic carbocycles. The van der Waals surface area contributed by atoms with Gasteiger partial charge < -0.3 is 0 Å². The van der Waals surface area contributed by atoms with Gasteiger partial charge in [-0.2, -0.15) is 0 Å². The number of hydrogen-bond donors (Lipinski definition) is 0. The molecule has 0 aromatic heterocycles. The molecule has 0 unspecified atom stereocenters. The zero-order valence-electron chi connectivity index (χ0n) is 5.10. The Hall–Kier alpha value is 1.41. The molecule has 0 rings (SSSR count). The molecule has 0 aliphatic carbocycles. The van der Waals surface area contributed by atoms with Gasteiger partial charge in [0.1, 0.15) is 0 Å². The van der Waals surface area contributed by atoms with Crippen LogP contribution in [0.3, 0.4) is 0 Å². The predicted molar refractivity (Wildman–Crippen MR) is 43.2 cm³/mol. The average molecular weight is 375 g/mol. The van der Waals surface area contributed by atoms with Crippen molar-refractivity contribution < 1.29 is 28.2 Å². The van der Waals surface area contributed by atoms with E-state index in [4.69, 9.17) is 0 Å². The van der Waals surface area contributed by atoms with E-state index in [1.54, 1.807) is 4.93 Å². The zero-order chi connectivity index (χ0) is 7.33. The summed E-state index contributed by atoms with van der Waals surface area (Å²) in [5.41, 5.74) is 0. The van der Waals surface area contributed by atoms with E-state index in [0.717, 1.165) is 10.8 Å². The van der Waals surface area contributed by atoms with E-state index in [9.17, 15) is 8.42 Å². The summed E-state index contributed by atoms with van der Waals surface area (Å²) >= 11 is 1.61. The fourth-order valence-electron chi connectivity index (χ4n) is 0.304. The van der Waals surface area contributed by atoms with Crippen LogP contribution in [0.2, 0.25) is 0 Å². The third kappa shape index (κ3) is 5.84. The van der Waals surface area contributed by atoms with Gasteiger partial charge in [0.2, 0.25) is 0 Å². The molecule has 0 aliphatic rings. The molecule has 0 bridgehead atoms. The van der Waals surface area contributed by atoms with Crippen LogP contribution in [0.15, 0.2) is 0 Å². The molecular formula is C4H9I2O2S-. The van der Waals surface area contributed by atoms with Gasteiger partial charge in [-0.3, -0.25) is 0 Å². The first-order chi connectivity index (χ1) is 4.12. The molecule has 0 saturated carbocycles. The normalized spacial score (nSPS) is 12.2. The molecule has 0 heterocycles. The van der Waals surface area contributed by atoms with Gasteiger partial charge in [0.25, 0.3) is 0 Å². The molecule has 0 amide bonds. The van der Waals surface area contributed by atoms with E-state index in [2.05, 4.69) is 22.6 Å². The monoisotopic (exact) mass is 375 g/mol. The van der Waals surface area contributed by atoms with Crippen molar-refractivity contribution in [3.05, 3.63) is 0 Å². The van der Waals surface area contributed by atoms with Crippen molar-refractivity contribution in [1.82, 2.24) is 0 Å². The van der Waals surface area contributed by atoms with Crippen molar-refractivity contribution in [3.8, 4) is 0 Å². The summed E-state index contributed by atoms with van der Waals surface area (Å²) in [5, 5.41) is 0. The maximum absolute atomic E-state index is 10.8. The Bertz CT molecular complexity index is 152. The summed E-state index contributed by atoms with van der Waals surface area (Å²) in [5.74, 6) is 0.402. The third-order valence-electron chi connectivity index (χ3n) is 0.757. The van der Waals surface area contributed by atoms with E-state index >= 15 is 0 Å². The molecule has 0 spiro atoms. The Kier molecular flexibility index (Phi) is 5.91. The minimum absolute atomic E-state index is 0.402. The van der Waals surface area contributed by atoms with E-state index in [1.807, 2.05) is 0 Å². The third-order valence-corrected chi connectivity index (χ3v) is 8.11. The molecule has 5 heteroatoms. The van der Waals surface area contributed by atoms with Gasteiger partial charge in [-0.25, -0.2) is 0 Å². The molecule has 9 heavy (non-hydrogen) atoms. The Balaban J connectivity index is 3.61. The molecule has 0 fully saturated rings. The van der Waals surface area contributed by atoms with Gasteiger partial charge in [-0.1, -0.05) is 0 Å². The quantitative estimate of drug-likeness (QED) is 0.320. The fourth-order valence-corrected chi connectivity index (χ4v) is 4.10. The van der Waals surface area contributed by atoms with Crippen LogP contribution in [0.25, 0.3) is 0 Å². The summed E-state index contributed by atoms with van der Waals surface area (Å²) in [6.07, 6.45) is 0.816. The van der Waals surface area contributed by atoms with Gasteiger partial charge in [-0.05, 0) is 0 Å². The first kappa shape index (κ1) is 10.4. The summed E-state index contributed by atoms with van der Waals surface area (Å²) < 4.78 is 22.6. The van der Waals surface area contributed by atoms with Crippen molar-refractivity contribution in [1.29, 1.82) is 0 Å². The van der Waals surface area contributed by atoms with E-state index in [-0.39, 0.29) is 0 Å². The standard InChI is InChI=1S/C4H9I2O2S/c1-6-9(7,8)4-2-3-5/h2-4H2,1H3/q-1. The minimum atomic E-state index is -2.58. The van der Waals surface area contributed by atoms with Gasteiger partial charge >= 0.3 is 79.4 Å². The average Bonchev–Trinajstić information content (AvgIpc) is 1.84. The zero-order valence-corrected chi connectivity index (χ0v) is 10.2. The Morgan fingerprint density at radius 1 is 1.56 bits per heavy atom. The molecule has 2 nitrogen and oxygen atoms in total. The molecule has 0 aliphatic heterocycles. The molecule has 0 aromatic rings. The van der Waals surface area contributed by atoms with Crippen molar-refractivity contribution >= 4 is 29.6 Å². The second-order valence-electron chi connectivity index (χ2n) is 1.44. The summed E-state index contributed by atoms with van der Waals surface area (Å²) in [6, 6.07) is 0. The first-order valence-electron chi connectivity index (χ1n) is 2.42. The summed E-state index contributed by atoms with van der Waals surface area (Å²) in [6.45, 7) is 0. The van der Waals surface area contributed by atoms with Crippen LogP contribution < -0.4 is 19.8 Å². The van der Waals surface area contributed by atoms with Crippen LogP contribution in [0.5, 0.6) is 0 Å². The topological polar surface area (TPSA) is 34.1 Å². The van der Waals surface area contributed by atoms with E-state index < -0.39 is 26.8 Å². The van der Waals surface area contributed by atoms with E-state index in [0.29, 0.717) is 5.75 Å².